The van der Waals surface area contributed by atoms with Crippen LogP contribution in [0.1, 0.15) is 22.3 Å². The van der Waals surface area contributed by atoms with Crippen molar-refractivity contribution in [2.24, 2.45) is 5.22 Å². The molecule has 2 aromatic rings. The number of Topliss-reactive ketones (excluding diaryl/α,β-unsaturated/α-hetero) is 1. The topological polar surface area (TPSA) is 80.4 Å². The number of benzene rings is 2. The molecule has 0 aliphatic carbocycles. The molecule has 0 saturated carbocycles. The Bertz CT molecular complexity index is 688. The van der Waals surface area contributed by atoms with Gasteiger partial charge in [0.2, 0.25) is 0 Å². The van der Waals surface area contributed by atoms with Crippen LogP contribution in [0, 0.1) is 10.9 Å². The van der Waals surface area contributed by atoms with Crippen LogP contribution in [-0.4, -0.2) is 23.2 Å². The molecule has 2 N–H and O–H groups in total. The summed E-state index contributed by atoms with van der Waals surface area (Å²) >= 11 is 5.90. The van der Waals surface area contributed by atoms with Crippen LogP contribution in [0.25, 0.3) is 0 Å². The van der Waals surface area contributed by atoms with Crippen molar-refractivity contribution in [3.05, 3.63) is 70.7 Å². The van der Waals surface area contributed by atoms with Gasteiger partial charge in [-0.1, -0.05) is 59.3 Å². The predicted molar refractivity (Wildman–Crippen MR) is 85.5 cm³/mol. The average Bonchev–Trinajstić information content (AvgIpc) is 2.55. The van der Waals surface area contributed by atoms with E-state index in [1.165, 1.54) is 5.01 Å². The van der Waals surface area contributed by atoms with Gasteiger partial charge in [0, 0.05) is 22.6 Å². The predicted octanol–water partition coefficient (Wildman–Crippen LogP) is 4.19. The Kier molecular flexibility index (Phi) is 5.38. The zero-order valence-corrected chi connectivity index (χ0v) is 12.5. The molecule has 0 unspecified atom stereocenters. The molecule has 2 rings (SSSR count). The summed E-state index contributed by atoms with van der Waals surface area (Å²) in [5.74, 6) is -0.00787. The molecule has 5 nitrogen and oxygen atoms in total. The van der Waals surface area contributed by atoms with E-state index in [9.17, 15) is 4.79 Å². The summed E-state index contributed by atoms with van der Waals surface area (Å²) in [4.78, 5) is 12.1. The summed E-state index contributed by atoms with van der Waals surface area (Å²) in [6.07, 6.45) is 0.176. The van der Waals surface area contributed by atoms with E-state index in [0.29, 0.717) is 16.1 Å². The van der Waals surface area contributed by atoms with Gasteiger partial charge in [-0.25, -0.2) is 5.01 Å². The fourth-order valence-corrected chi connectivity index (χ4v) is 2.16. The van der Waals surface area contributed by atoms with Crippen molar-refractivity contribution in [2.45, 2.75) is 6.42 Å². The van der Waals surface area contributed by atoms with Crippen molar-refractivity contribution < 1.29 is 4.79 Å². The van der Waals surface area contributed by atoms with E-state index >= 15 is 0 Å². The van der Waals surface area contributed by atoms with Crippen LogP contribution < -0.4 is 0 Å². The summed E-state index contributed by atoms with van der Waals surface area (Å²) in [5, 5.41) is 13.1. The third-order valence-corrected chi connectivity index (χ3v) is 3.36. The highest BCUT2D eigenvalue weighted by molar-refractivity contribution is 6.31. The number of nitrogens with one attached hydrogen (secondary N) is 2. The molecular weight excluding hydrogens is 300 g/mol. The van der Waals surface area contributed by atoms with Crippen LogP contribution >= 0.6 is 11.6 Å². The van der Waals surface area contributed by atoms with Gasteiger partial charge in [0.1, 0.15) is 5.84 Å². The molecule has 0 atom stereocenters. The fraction of sp³-hybridized carbons (Fsp3) is 0.125. The smallest absolute Gasteiger partial charge is 0.164 e. The van der Waals surface area contributed by atoms with Gasteiger partial charge in [0.25, 0.3) is 0 Å². The lowest BCUT2D eigenvalue weighted by molar-refractivity contribution is 0.0974. The largest absolute Gasteiger partial charge is 0.294 e. The van der Waals surface area contributed by atoms with Crippen LogP contribution in [0.5, 0.6) is 0 Å². The quantitative estimate of drug-likeness (QED) is 0.276. The first-order valence-electron chi connectivity index (χ1n) is 6.69. The highest BCUT2D eigenvalue weighted by Crippen LogP contribution is 2.14. The molecule has 0 aliphatic rings. The first-order chi connectivity index (χ1) is 10.6. The summed E-state index contributed by atoms with van der Waals surface area (Å²) < 4.78 is 0. The molecule has 112 valence electrons. The minimum absolute atomic E-state index is 0.0401. The average molecular weight is 315 g/mol. The van der Waals surface area contributed by atoms with Crippen molar-refractivity contribution in [1.82, 2.24) is 5.01 Å². The molecule has 0 radical (unpaired) electrons. The van der Waals surface area contributed by atoms with Crippen LogP contribution in [0.15, 0.2) is 59.8 Å². The van der Waals surface area contributed by atoms with Gasteiger partial charge >= 0.3 is 0 Å². The molecule has 0 aromatic heterocycles. The minimum atomic E-state index is -0.0480. The van der Waals surface area contributed by atoms with Crippen molar-refractivity contribution in [3.8, 4) is 0 Å². The Balaban J connectivity index is 2.02. The number of hydrogen-bond donors (Lipinski definition) is 2. The van der Waals surface area contributed by atoms with E-state index in [4.69, 9.17) is 22.5 Å². The van der Waals surface area contributed by atoms with Crippen LogP contribution in [-0.2, 0) is 0 Å². The number of carbonyl (C=O) groups excluding carboxylic acids is 1. The summed E-state index contributed by atoms with van der Waals surface area (Å²) in [7, 11) is 0. The van der Waals surface area contributed by atoms with E-state index in [1.807, 2.05) is 6.07 Å². The first kappa shape index (κ1) is 15.9. The molecule has 22 heavy (non-hydrogen) atoms. The molecular formula is C16H15ClN4O. The minimum Gasteiger partial charge on any atom is -0.294 e. The van der Waals surface area contributed by atoms with Crippen LogP contribution in [0.4, 0.5) is 0 Å². The maximum absolute atomic E-state index is 12.1. The highest BCUT2D eigenvalue weighted by Gasteiger charge is 2.14. The fourth-order valence-electron chi connectivity index (χ4n) is 1.97. The molecule has 0 amide bonds. The Hall–Kier alpha value is -2.53. The molecule has 2 aromatic carbocycles. The lowest BCUT2D eigenvalue weighted by Gasteiger charge is -2.17. The van der Waals surface area contributed by atoms with Crippen LogP contribution in [0.2, 0.25) is 5.02 Å². The van der Waals surface area contributed by atoms with Crippen molar-refractivity contribution in [1.29, 1.82) is 10.9 Å². The number of rotatable bonds is 6. The number of amidine groups is 1. The van der Waals surface area contributed by atoms with E-state index in [-0.39, 0.29) is 24.6 Å². The maximum Gasteiger partial charge on any atom is 0.164 e. The van der Waals surface area contributed by atoms with Gasteiger partial charge in [-0.15, -0.1) is 0 Å². The lowest BCUT2D eigenvalue weighted by atomic mass is 10.1. The summed E-state index contributed by atoms with van der Waals surface area (Å²) in [5.41, 5.74) is 8.37. The number of nitrogens with zero attached hydrogens (tertiary/aromatic N) is 2. The standard InChI is InChI=1S/C16H15ClN4O/c17-14-8-4-7-13(11-14)16(18)21(20-19)10-9-15(22)12-5-2-1-3-6-12/h1-8,11,18-19H,9-10H2. The van der Waals surface area contributed by atoms with Gasteiger partial charge in [0.15, 0.2) is 5.78 Å². The Morgan fingerprint density at radius 2 is 1.77 bits per heavy atom. The third kappa shape index (κ3) is 3.99. The summed E-state index contributed by atoms with van der Waals surface area (Å²) in [6, 6.07) is 15.7. The lowest BCUT2D eigenvalue weighted by Crippen LogP contribution is -2.27. The summed E-state index contributed by atoms with van der Waals surface area (Å²) in [6.45, 7) is 0.169. The maximum atomic E-state index is 12.1. The van der Waals surface area contributed by atoms with E-state index < -0.39 is 0 Å². The SMILES string of the molecule is N=NN(CCC(=O)c1ccccc1)C(=N)c1cccc(Cl)c1. The number of halogens is 1. The zero-order chi connectivity index (χ0) is 15.9. The molecule has 0 fully saturated rings. The van der Waals surface area contributed by atoms with Crippen molar-refractivity contribution in [2.75, 3.05) is 6.54 Å². The second-order valence-corrected chi connectivity index (χ2v) is 5.06. The number of ketones is 1. The van der Waals surface area contributed by atoms with E-state index in [2.05, 4.69) is 5.22 Å². The molecule has 0 spiro atoms. The van der Waals surface area contributed by atoms with Gasteiger partial charge in [-0.3, -0.25) is 10.2 Å². The number of carbonyl (C=O) groups is 1. The van der Waals surface area contributed by atoms with Crippen molar-refractivity contribution in [3.63, 3.8) is 0 Å². The first-order valence-corrected chi connectivity index (χ1v) is 7.07. The molecule has 0 bridgehead atoms. The van der Waals surface area contributed by atoms with E-state index in [0.717, 1.165) is 0 Å². The Labute approximate surface area is 133 Å². The zero-order valence-electron chi connectivity index (χ0n) is 11.8. The molecule has 0 saturated heterocycles. The monoisotopic (exact) mass is 314 g/mol. The second-order valence-electron chi connectivity index (χ2n) is 4.62. The highest BCUT2D eigenvalue weighted by atomic mass is 35.5. The van der Waals surface area contributed by atoms with Gasteiger partial charge in [-0.2, -0.15) is 5.53 Å². The van der Waals surface area contributed by atoms with Gasteiger partial charge in [0.05, 0.1) is 6.54 Å². The van der Waals surface area contributed by atoms with Crippen molar-refractivity contribution >= 4 is 23.2 Å². The molecule has 6 heteroatoms. The Morgan fingerprint density at radius 3 is 2.41 bits per heavy atom. The normalized spacial score (nSPS) is 10.0. The van der Waals surface area contributed by atoms with Gasteiger partial charge < -0.3 is 0 Å². The van der Waals surface area contributed by atoms with Gasteiger partial charge in [-0.05, 0) is 12.1 Å². The Morgan fingerprint density at radius 1 is 1.09 bits per heavy atom. The van der Waals surface area contributed by atoms with E-state index in [1.54, 1.807) is 48.5 Å². The third-order valence-electron chi connectivity index (χ3n) is 3.12. The second kappa shape index (κ2) is 7.47. The molecule has 0 aliphatic heterocycles. The number of hydrogen-bond acceptors (Lipinski definition) is 4. The van der Waals surface area contributed by atoms with Crippen LogP contribution in [0.3, 0.4) is 0 Å². The molecule has 0 heterocycles.